The van der Waals surface area contributed by atoms with E-state index < -0.39 is 0 Å². The Morgan fingerprint density at radius 3 is 2.39 bits per heavy atom. The highest BCUT2D eigenvalue weighted by atomic mass is 16.2. The summed E-state index contributed by atoms with van der Waals surface area (Å²) < 4.78 is 0. The van der Waals surface area contributed by atoms with Crippen LogP contribution in [0.15, 0.2) is 30.3 Å². The van der Waals surface area contributed by atoms with Gasteiger partial charge < -0.3 is 10.6 Å². The third-order valence-electron chi connectivity index (χ3n) is 9.11. The summed E-state index contributed by atoms with van der Waals surface area (Å²) in [5.41, 5.74) is 7.86. The van der Waals surface area contributed by atoms with E-state index >= 15 is 0 Å². The molecule has 1 aromatic rings. The minimum Gasteiger partial charge on any atom is -0.342 e. The van der Waals surface area contributed by atoms with Crippen LogP contribution in [0.2, 0.25) is 0 Å². The second-order valence-electron chi connectivity index (χ2n) is 12.0. The molecule has 1 aliphatic heterocycles. The van der Waals surface area contributed by atoms with E-state index in [2.05, 4.69) is 62.9 Å². The van der Waals surface area contributed by atoms with E-state index in [-0.39, 0.29) is 22.3 Å². The summed E-state index contributed by atoms with van der Waals surface area (Å²) in [6.07, 6.45) is 10.3. The molecule has 3 nitrogen and oxygen atoms in total. The summed E-state index contributed by atoms with van der Waals surface area (Å²) in [6.45, 7) is 10.7. The number of likely N-dealkylation sites (tertiary alicyclic amines) is 1. The highest BCUT2D eigenvalue weighted by Crippen LogP contribution is 2.61. The first-order valence-electron chi connectivity index (χ1n) is 12.8. The molecular weight excluding hydrogens is 380 g/mol. The fourth-order valence-electron chi connectivity index (χ4n) is 7.62. The van der Waals surface area contributed by atoms with Gasteiger partial charge in [0.25, 0.3) is 0 Å². The van der Waals surface area contributed by atoms with Gasteiger partial charge in [0.15, 0.2) is 0 Å². The molecule has 2 bridgehead atoms. The first-order chi connectivity index (χ1) is 14.7. The zero-order chi connectivity index (χ0) is 22.3. The number of carbonyl (C=O) groups excluding carboxylic acids is 1. The Morgan fingerprint density at radius 1 is 1.06 bits per heavy atom. The lowest BCUT2D eigenvalue weighted by Crippen LogP contribution is -2.60. The van der Waals surface area contributed by atoms with E-state index in [1.165, 1.54) is 37.7 Å². The lowest BCUT2D eigenvalue weighted by molar-refractivity contribution is -0.157. The van der Waals surface area contributed by atoms with Crippen molar-refractivity contribution in [1.82, 2.24) is 4.90 Å². The van der Waals surface area contributed by atoms with Crippen LogP contribution < -0.4 is 5.73 Å². The van der Waals surface area contributed by atoms with Crippen LogP contribution in [-0.2, 0) is 10.2 Å². The minimum absolute atomic E-state index is 0.00260. The second-order valence-corrected chi connectivity index (χ2v) is 12.0. The van der Waals surface area contributed by atoms with Gasteiger partial charge in [-0.15, -0.1) is 0 Å². The highest BCUT2D eigenvalue weighted by Gasteiger charge is 2.58. The van der Waals surface area contributed by atoms with E-state index in [4.69, 9.17) is 5.73 Å². The van der Waals surface area contributed by atoms with Crippen molar-refractivity contribution in [2.24, 2.45) is 28.4 Å². The van der Waals surface area contributed by atoms with Gasteiger partial charge in [-0.3, -0.25) is 4.79 Å². The molecule has 4 unspecified atom stereocenters. The molecule has 2 aliphatic carbocycles. The topological polar surface area (TPSA) is 46.3 Å². The molecule has 0 radical (unpaired) electrons. The standard InChI is InChI=1S/C28H44N2O/c1-5-10-22-17-27(23-11-8-7-9-12-23)15-21(6-2)16-28(18-22,19-27)25(31)30-14-13-24(29)26(3,4)20-30/h7-9,11-12,21-22,24H,5-6,10,13-20,29H2,1-4H3/t21?,22?,24-,27?,28?/m0/s1. The maximum atomic E-state index is 14.4. The Balaban J connectivity index is 1.72. The highest BCUT2D eigenvalue weighted by molar-refractivity contribution is 5.83. The molecule has 2 N–H and O–H groups in total. The van der Waals surface area contributed by atoms with Gasteiger partial charge in [0.05, 0.1) is 5.41 Å². The molecular formula is C28H44N2O. The van der Waals surface area contributed by atoms with Crippen LogP contribution in [0.3, 0.4) is 0 Å². The number of hydrogen-bond acceptors (Lipinski definition) is 2. The van der Waals surface area contributed by atoms with Crippen LogP contribution in [0, 0.1) is 22.7 Å². The van der Waals surface area contributed by atoms with Crippen molar-refractivity contribution in [1.29, 1.82) is 0 Å². The summed E-state index contributed by atoms with van der Waals surface area (Å²) in [6, 6.07) is 11.4. The largest absolute Gasteiger partial charge is 0.342 e. The van der Waals surface area contributed by atoms with Crippen molar-refractivity contribution in [2.75, 3.05) is 13.1 Å². The molecule has 1 saturated heterocycles. The minimum atomic E-state index is -0.190. The molecule has 0 spiro atoms. The fraction of sp³-hybridized carbons (Fsp3) is 0.750. The van der Waals surface area contributed by atoms with Crippen molar-refractivity contribution >= 4 is 5.91 Å². The number of nitrogens with two attached hydrogens (primary N) is 1. The summed E-state index contributed by atoms with van der Waals surface area (Å²) in [7, 11) is 0. The second kappa shape index (κ2) is 8.54. The van der Waals surface area contributed by atoms with Gasteiger partial charge in [-0.2, -0.15) is 0 Å². The van der Waals surface area contributed by atoms with E-state index in [9.17, 15) is 4.79 Å². The lowest BCUT2D eigenvalue weighted by atomic mass is 9.47. The summed E-state index contributed by atoms with van der Waals surface area (Å²) in [4.78, 5) is 16.6. The predicted molar refractivity (Wildman–Crippen MR) is 129 cm³/mol. The van der Waals surface area contributed by atoms with Crippen molar-refractivity contribution in [3.63, 3.8) is 0 Å². The first-order valence-corrected chi connectivity index (χ1v) is 12.8. The van der Waals surface area contributed by atoms with Crippen LogP contribution in [0.1, 0.15) is 91.0 Å². The van der Waals surface area contributed by atoms with Crippen molar-refractivity contribution in [3.8, 4) is 0 Å². The van der Waals surface area contributed by atoms with Gasteiger partial charge >= 0.3 is 0 Å². The molecule has 31 heavy (non-hydrogen) atoms. The van der Waals surface area contributed by atoms with E-state index in [1.54, 1.807) is 0 Å². The number of nitrogens with zero attached hydrogens (tertiary/aromatic N) is 1. The van der Waals surface area contributed by atoms with E-state index in [1.807, 2.05) is 0 Å². The zero-order valence-corrected chi connectivity index (χ0v) is 20.3. The van der Waals surface area contributed by atoms with Crippen molar-refractivity contribution in [2.45, 2.75) is 96.9 Å². The average Bonchev–Trinajstić information content (AvgIpc) is 2.75. The molecule has 1 amide bonds. The van der Waals surface area contributed by atoms with Crippen molar-refractivity contribution in [3.05, 3.63) is 35.9 Å². The Labute approximate surface area is 190 Å². The molecule has 1 heterocycles. The number of benzene rings is 1. The van der Waals surface area contributed by atoms with Crippen LogP contribution in [0.4, 0.5) is 0 Å². The normalized spacial score (nSPS) is 37.5. The van der Waals surface area contributed by atoms with Gasteiger partial charge in [0.1, 0.15) is 0 Å². The number of fused-ring (bicyclic) bond motifs is 2. The van der Waals surface area contributed by atoms with Gasteiger partial charge in [-0.05, 0) is 66.8 Å². The molecule has 2 saturated carbocycles. The molecule has 3 fully saturated rings. The fourth-order valence-corrected chi connectivity index (χ4v) is 7.62. The first kappa shape index (κ1) is 22.8. The predicted octanol–water partition coefficient (Wildman–Crippen LogP) is 5.92. The van der Waals surface area contributed by atoms with E-state index in [0.717, 1.165) is 38.8 Å². The van der Waals surface area contributed by atoms with Gasteiger partial charge in [0.2, 0.25) is 5.91 Å². The van der Waals surface area contributed by atoms with Crippen LogP contribution in [0.5, 0.6) is 0 Å². The molecule has 3 heteroatoms. The van der Waals surface area contributed by atoms with Gasteiger partial charge in [-0.25, -0.2) is 0 Å². The quantitative estimate of drug-likeness (QED) is 0.638. The number of hydrogen-bond donors (Lipinski definition) is 1. The monoisotopic (exact) mass is 424 g/mol. The van der Waals surface area contributed by atoms with Crippen molar-refractivity contribution < 1.29 is 4.79 Å². The summed E-state index contributed by atoms with van der Waals surface area (Å²) >= 11 is 0. The maximum Gasteiger partial charge on any atom is 0.228 e. The Bertz CT molecular complexity index is 774. The average molecular weight is 425 g/mol. The van der Waals surface area contributed by atoms with Gasteiger partial charge in [-0.1, -0.05) is 77.3 Å². The SMILES string of the molecule is CCCC1CC2(C(=O)N3CC[C@H](N)C(C)(C)C3)CC(CC)CC(c3ccccc3)(C1)C2. The molecule has 1 aromatic carbocycles. The number of carbonyl (C=O) groups is 1. The zero-order valence-electron chi connectivity index (χ0n) is 20.3. The van der Waals surface area contributed by atoms with Crippen LogP contribution in [0.25, 0.3) is 0 Å². The lowest BCUT2D eigenvalue weighted by Gasteiger charge is -2.58. The summed E-state index contributed by atoms with van der Waals surface area (Å²) in [5.74, 6) is 1.74. The molecule has 172 valence electrons. The smallest absolute Gasteiger partial charge is 0.228 e. The number of amides is 1. The molecule has 5 atom stereocenters. The number of rotatable bonds is 5. The maximum absolute atomic E-state index is 14.4. The third-order valence-corrected chi connectivity index (χ3v) is 9.11. The third kappa shape index (κ3) is 4.19. The Morgan fingerprint density at radius 2 is 1.74 bits per heavy atom. The van der Waals surface area contributed by atoms with Crippen LogP contribution >= 0.6 is 0 Å². The molecule has 3 aliphatic rings. The van der Waals surface area contributed by atoms with Gasteiger partial charge in [0, 0.05) is 19.1 Å². The van der Waals surface area contributed by atoms with Crippen LogP contribution in [-0.4, -0.2) is 29.9 Å². The molecule has 0 aromatic heterocycles. The Kier molecular flexibility index (Phi) is 6.29. The van der Waals surface area contributed by atoms with E-state index in [0.29, 0.717) is 17.7 Å². The molecule has 4 rings (SSSR count). The number of piperidine rings is 1. The summed E-state index contributed by atoms with van der Waals surface area (Å²) in [5, 5.41) is 0. The Hall–Kier alpha value is -1.35.